The first-order valence-corrected chi connectivity index (χ1v) is 4.21. The molecule has 1 aromatic heterocycles. The van der Waals surface area contributed by atoms with Gasteiger partial charge in [-0.3, -0.25) is 9.59 Å². The van der Waals surface area contributed by atoms with E-state index in [9.17, 15) is 14.0 Å². The molecule has 0 atom stereocenters. The first-order chi connectivity index (χ1) is 7.08. The highest BCUT2D eigenvalue weighted by molar-refractivity contribution is 5.91. The zero-order valence-electron chi connectivity index (χ0n) is 7.74. The minimum atomic E-state index is -1.04. The molecule has 1 amide bonds. The third-order valence-electron chi connectivity index (χ3n) is 1.56. The van der Waals surface area contributed by atoms with Crippen LogP contribution in [0.25, 0.3) is 0 Å². The fourth-order valence-corrected chi connectivity index (χ4v) is 0.876. The van der Waals surface area contributed by atoms with Gasteiger partial charge in [0, 0.05) is 6.42 Å². The number of pyridine rings is 1. The number of carboxylic acids is 1. The molecule has 0 unspecified atom stereocenters. The molecule has 0 aliphatic carbocycles. The Morgan fingerprint density at radius 3 is 2.67 bits per heavy atom. The van der Waals surface area contributed by atoms with Crippen LogP contribution in [-0.2, 0) is 9.59 Å². The van der Waals surface area contributed by atoms with Crippen LogP contribution in [0.5, 0.6) is 0 Å². The van der Waals surface area contributed by atoms with E-state index >= 15 is 0 Å². The number of carbonyl (C=O) groups is 2. The Hall–Kier alpha value is -1.98. The minimum Gasteiger partial charge on any atom is -0.481 e. The van der Waals surface area contributed by atoms with Crippen LogP contribution < -0.4 is 5.32 Å². The summed E-state index contributed by atoms with van der Waals surface area (Å²) in [6, 6.07) is 2.45. The van der Waals surface area contributed by atoms with E-state index < -0.39 is 17.7 Å². The molecule has 1 aromatic rings. The van der Waals surface area contributed by atoms with Crippen molar-refractivity contribution in [2.24, 2.45) is 0 Å². The van der Waals surface area contributed by atoms with Crippen LogP contribution in [0.1, 0.15) is 12.8 Å². The summed E-state index contributed by atoms with van der Waals surface area (Å²) in [5.41, 5.74) is 0. The summed E-state index contributed by atoms with van der Waals surface area (Å²) in [5, 5.41) is 10.7. The highest BCUT2D eigenvalue weighted by Crippen LogP contribution is 2.04. The van der Waals surface area contributed by atoms with E-state index in [1.807, 2.05) is 0 Å². The highest BCUT2D eigenvalue weighted by atomic mass is 19.1. The number of nitrogens with zero attached hydrogens (tertiary/aromatic N) is 1. The van der Waals surface area contributed by atoms with Crippen LogP contribution in [0.4, 0.5) is 10.2 Å². The first kappa shape index (κ1) is 11.1. The summed E-state index contributed by atoms with van der Waals surface area (Å²) in [5.74, 6) is -1.81. The van der Waals surface area contributed by atoms with Gasteiger partial charge in [0.05, 0.1) is 12.6 Å². The van der Waals surface area contributed by atoms with Crippen LogP contribution in [0, 0.1) is 5.82 Å². The van der Waals surface area contributed by atoms with Crippen LogP contribution in [0.15, 0.2) is 18.3 Å². The Balaban J connectivity index is 2.44. The second-order valence-corrected chi connectivity index (χ2v) is 2.80. The molecule has 0 aliphatic heterocycles. The van der Waals surface area contributed by atoms with E-state index in [-0.39, 0.29) is 18.7 Å². The van der Waals surface area contributed by atoms with Gasteiger partial charge in [-0.1, -0.05) is 0 Å². The summed E-state index contributed by atoms with van der Waals surface area (Å²) in [4.78, 5) is 24.8. The van der Waals surface area contributed by atoms with Crippen LogP contribution in [-0.4, -0.2) is 22.0 Å². The molecule has 0 radical (unpaired) electrons. The van der Waals surface area contributed by atoms with Gasteiger partial charge < -0.3 is 10.4 Å². The number of aromatic nitrogens is 1. The van der Waals surface area contributed by atoms with E-state index in [0.29, 0.717) is 0 Å². The Morgan fingerprint density at radius 1 is 1.40 bits per heavy atom. The Morgan fingerprint density at radius 2 is 2.13 bits per heavy atom. The van der Waals surface area contributed by atoms with E-state index in [0.717, 1.165) is 12.3 Å². The Bertz CT molecular complexity index is 364. The number of aliphatic carboxylic acids is 1. The number of nitrogens with one attached hydrogen (secondary N) is 1. The topological polar surface area (TPSA) is 79.3 Å². The molecule has 0 aliphatic rings. The standard InChI is InChI=1S/C9H9FN2O3/c10-6-1-2-7(11-5-6)12-8(13)3-4-9(14)15/h1-2,5H,3-4H2,(H,14,15)(H,11,12,13). The van der Waals surface area contributed by atoms with Crippen molar-refractivity contribution in [2.75, 3.05) is 5.32 Å². The lowest BCUT2D eigenvalue weighted by Gasteiger charge is -2.02. The smallest absolute Gasteiger partial charge is 0.303 e. The maximum atomic E-state index is 12.4. The number of rotatable bonds is 4. The molecular weight excluding hydrogens is 203 g/mol. The van der Waals surface area contributed by atoms with Crippen molar-refractivity contribution in [3.8, 4) is 0 Å². The highest BCUT2D eigenvalue weighted by Gasteiger charge is 2.06. The maximum absolute atomic E-state index is 12.4. The van der Waals surface area contributed by atoms with Gasteiger partial charge in [-0.15, -0.1) is 0 Å². The number of halogens is 1. The van der Waals surface area contributed by atoms with Gasteiger partial charge in [-0.2, -0.15) is 0 Å². The van der Waals surface area contributed by atoms with Crippen molar-refractivity contribution >= 4 is 17.7 Å². The summed E-state index contributed by atoms with van der Waals surface area (Å²) in [6.45, 7) is 0. The molecule has 0 bridgehead atoms. The van der Waals surface area contributed by atoms with Gasteiger partial charge in [0.25, 0.3) is 0 Å². The molecule has 2 N–H and O–H groups in total. The zero-order chi connectivity index (χ0) is 11.3. The molecule has 0 saturated heterocycles. The predicted molar refractivity (Wildman–Crippen MR) is 49.7 cm³/mol. The average molecular weight is 212 g/mol. The lowest BCUT2D eigenvalue weighted by atomic mass is 10.3. The minimum absolute atomic E-state index is 0.131. The molecule has 0 aromatic carbocycles. The number of carboxylic acid groups (broad SMARTS) is 1. The second kappa shape index (κ2) is 5.04. The fourth-order valence-electron chi connectivity index (χ4n) is 0.876. The number of anilines is 1. The first-order valence-electron chi connectivity index (χ1n) is 4.21. The number of hydrogen-bond acceptors (Lipinski definition) is 3. The van der Waals surface area contributed by atoms with Gasteiger partial charge in [0.1, 0.15) is 11.6 Å². The van der Waals surface area contributed by atoms with E-state index in [1.54, 1.807) is 0 Å². The maximum Gasteiger partial charge on any atom is 0.303 e. The van der Waals surface area contributed by atoms with Crippen molar-refractivity contribution < 1.29 is 19.1 Å². The van der Waals surface area contributed by atoms with Crippen LogP contribution >= 0.6 is 0 Å². The number of amides is 1. The SMILES string of the molecule is O=C(O)CCC(=O)Nc1ccc(F)cn1. The van der Waals surface area contributed by atoms with Gasteiger partial charge in [-0.05, 0) is 12.1 Å². The second-order valence-electron chi connectivity index (χ2n) is 2.80. The lowest BCUT2D eigenvalue weighted by Crippen LogP contribution is -2.14. The van der Waals surface area contributed by atoms with Crippen LogP contribution in [0.3, 0.4) is 0 Å². The zero-order valence-corrected chi connectivity index (χ0v) is 7.74. The molecule has 15 heavy (non-hydrogen) atoms. The summed E-state index contributed by atoms with van der Waals surface area (Å²) in [6.07, 6.45) is 0.591. The van der Waals surface area contributed by atoms with E-state index in [4.69, 9.17) is 5.11 Å². The van der Waals surface area contributed by atoms with Gasteiger partial charge >= 0.3 is 5.97 Å². The lowest BCUT2D eigenvalue weighted by molar-refractivity contribution is -0.138. The van der Waals surface area contributed by atoms with Gasteiger partial charge in [-0.25, -0.2) is 9.37 Å². The number of carbonyl (C=O) groups excluding carboxylic acids is 1. The van der Waals surface area contributed by atoms with Gasteiger partial charge in [0.15, 0.2) is 0 Å². The van der Waals surface area contributed by atoms with Crippen LogP contribution in [0.2, 0.25) is 0 Å². The third kappa shape index (κ3) is 4.17. The van der Waals surface area contributed by atoms with Gasteiger partial charge in [0.2, 0.25) is 5.91 Å². The monoisotopic (exact) mass is 212 g/mol. The normalized spacial score (nSPS) is 9.67. The van der Waals surface area contributed by atoms with Crippen molar-refractivity contribution in [3.63, 3.8) is 0 Å². The summed E-state index contributed by atoms with van der Waals surface area (Å²) in [7, 11) is 0. The third-order valence-corrected chi connectivity index (χ3v) is 1.56. The molecular formula is C9H9FN2O3. The predicted octanol–water partition coefficient (Wildman–Crippen LogP) is 1.02. The average Bonchev–Trinajstić information content (AvgIpc) is 2.19. The molecule has 80 valence electrons. The van der Waals surface area contributed by atoms with Crippen molar-refractivity contribution in [2.45, 2.75) is 12.8 Å². The molecule has 5 nitrogen and oxygen atoms in total. The molecule has 0 fully saturated rings. The Labute approximate surface area is 84.9 Å². The quantitative estimate of drug-likeness (QED) is 0.781. The van der Waals surface area contributed by atoms with E-state index in [2.05, 4.69) is 10.3 Å². The summed E-state index contributed by atoms with van der Waals surface area (Å²) >= 11 is 0. The van der Waals surface area contributed by atoms with E-state index in [1.165, 1.54) is 6.07 Å². The molecule has 0 saturated carbocycles. The number of hydrogen-bond donors (Lipinski definition) is 2. The summed E-state index contributed by atoms with van der Waals surface area (Å²) < 4.78 is 12.4. The fraction of sp³-hybridized carbons (Fsp3) is 0.222. The largest absolute Gasteiger partial charge is 0.481 e. The van der Waals surface area contributed by atoms with Crippen molar-refractivity contribution in [1.29, 1.82) is 0 Å². The Kier molecular flexibility index (Phi) is 3.73. The molecule has 1 heterocycles. The molecule has 6 heteroatoms. The molecule has 1 rings (SSSR count). The van der Waals surface area contributed by atoms with Crippen molar-refractivity contribution in [1.82, 2.24) is 4.98 Å². The molecule has 0 spiro atoms. The van der Waals surface area contributed by atoms with Crippen molar-refractivity contribution in [3.05, 3.63) is 24.1 Å².